The second-order valence-corrected chi connectivity index (χ2v) is 5.68. The van der Waals surface area contributed by atoms with Crippen LogP contribution in [0, 0.1) is 5.82 Å². The van der Waals surface area contributed by atoms with E-state index < -0.39 is 17.5 Å². The molecular formula is C12H15BrClFO2. The summed E-state index contributed by atoms with van der Waals surface area (Å²) in [4.78, 5) is 0. The van der Waals surface area contributed by atoms with Crippen LogP contribution in [0.25, 0.3) is 0 Å². The fourth-order valence-electron chi connectivity index (χ4n) is 1.46. The highest BCUT2D eigenvalue weighted by atomic mass is 79.9. The monoisotopic (exact) mass is 324 g/mol. The molecule has 0 aliphatic heterocycles. The quantitative estimate of drug-likeness (QED) is 0.845. The Hall–Kier alpha value is -0.160. The van der Waals surface area contributed by atoms with Gasteiger partial charge in [-0.1, -0.05) is 17.7 Å². The van der Waals surface area contributed by atoms with Crippen molar-refractivity contribution in [1.82, 2.24) is 0 Å². The molecule has 0 aliphatic rings. The van der Waals surface area contributed by atoms with Crippen molar-refractivity contribution in [3.8, 4) is 0 Å². The summed E-state index contributed by atoms with van der Waals surface area (Å²) >= 11 is 8.89. The standard InChI is InChI=1S/C12H15BrClFO2/c1-12(2,17-3)6-9(16)7-4-5-8(13)10(14)11(7)15/h4-5,9,16H,6H2,1-3H3. The molecule has 1 unspecified atom stereocenters. The highest BCUT2D eigenvalue weighted by Gasteiger charge is 2.25. The summed E-state index contributed by atoms with van der Waals surface area (Å²) in [5.41, 5.74) is -0.339. The van der Waals surface area contributed by atoms with E-state index in [-0.39, 0.29) is 10.6 Å². The van der Waals surface area contributed by atoms with E-state index in [1.807, 2.05) is 13.8 Å². The van der Waals surface area contributed by atoms with E-state index >= 15 is 0 Å². The smallest absolute Gasteiger partial charge is 0.148 e. The van der Waals surface area contributed by atoms with Crippen LogP contribution < -0.4 is 0 Å². The van der Waals surface area contributed by atoms with Gasteiger partial charge in [-0.2, -0.15) is 0 Å². The SMILES string of the molecule is COC(C)(C)CC(O)c1ccc(Br)c(Cl)c1F. The number of methoxy groups -OCH3 is 1. The van der Waals surface area contributed by atoms with Crippen LogP contribution in [-0.2, 0) is 4.74 Å². The molecule has 0 saturated carbocycles. The molecular weight excluding hydrogens is 310 g/mol. The number of ether oxygens (including phenoxy) is 1. The van der Waals surface area contributed by atoms with Crippen LogP contribution in [0.1, 0.15) is 31.9 Å². The second-order valence-electron chi connectivity index (χ2n) is 4.45. The van der Waals surface area contributed by atoms with Crippen molar-refractivity contribution in [3.05, 3.63) is 33.0 Å². The van der Waals surface area contributed by atoms with Gasteiger partial charge in [0.25, 0.3) is 0 Å². The van der Waals surface area contributed by atoms with Crippen LogP contribution in [0.4, 0.5) is 4.39 Å². The highest BCUT2D eigenvalue weighted by Crippen LogP contribution is 2.33. The molecule has 1 rings (SSSR count). The van der Waals surface area contributed by atoms with Gasteiger partial charge in [-0.25, -0.2) is 4.39 Å². The maximum absolute atomic E-state index is 13.8. The Balaban J connectivity index is 2.98. The molecule has 1 N–H and O–H groups in total. The summed E-state index contributed by atoms with van der Waals surface area (Å²) in [6.45, 7) is 3.66. The lowest BCUT2D eigenvalue weighted by Crippen LogP contribution is -2.25. The molecule has 1 aromatic rings. The van der Waals surface area contributed by atoms with Gasteiger partial charge in [0.2, 0.25) is 0 Å². The summed E-state index contributed by atoms with van der Waals surface area (Å²) in [7, 11) is 1.55. The lowest BCUT2D eigenvalue weighted by atomic mass is 9.95. The van der Waals surface area contributed by atoms with Gasteiger partial charge in [-0.15, -0.1) is 0 Å². The third kappa shape index (κ3) is 3.65. The van der Waals surface area contributed by atoms with Gasteiger partial charge < -0.3 is 9.84 Å². The summed E-state index contributed by atoms with van der Waals surface area (Å²) < 4.78 is 19.5. The zero-order valence-corrected chi connectivity index (χ0v) is 12.3. The van der Waals surface area contributed by atoms with Crippen molar-refractivity contribution in [2.24, 2.45) is 0 Å². The number of rotatable bonds is 4. The van der Waals surface area contributed by atoms with Crippen LogP contribution in [0.2, 0.25) is 5.02 Å². The molecule has 0 aromatic heterocycles. The van der Waals surface area contributed by atoms with Crippen molar-refractivity contribution < 1.29 is 14.2 Å². The Bertz CT molecular complexity index is 410. The summed E-state index contributed by atoms with van der Waals surface area (Å²) in [6, 6.07) is 3.13. The van der Waals surface area contributed by atoms with E-state index in [9.17, 15) is 9.50 Å². The Kier molecular flexibility index (Phi) is 4.95. The lowest BCUT2D eigenvalue weighted by molar-refractivity contribution is -0.0207. The molecule has 0 bridgehead atoms. The molecule has 96 valence electrons. The van der Waals surface area contributed by atoms with Gasteiger partial charge in [0.05, 0.1) is 16.7 Å². The second kappa shape index (κ2) is 5.65. The first-order valence-electron chi connectivity index (χ1n) is 5.15. The van der Waals surface area contributed by atoms with Crippen LogP contribution in [0.15, 0.2) is 16.6 Å². The fourth-order valence-corrected chi connectivity index (χ4v) is 1.94. The Morgan fingerprint density at radius 1 is 1.53 bits per heavy atom. The number of hydrogen-bond donors (Lipinski definition) is 1. The zero-order valence-electron chi connectivity index (χ0n) is 9.93. The molecule has 0 saturated heterocycles. The van der Waals surface area contributed by atoms with E-state index in [4.69, 9.17) is 16.3 Å². The van der Waals surface area contributed by atoms with E-state index in [1.165, 1.54) is 6.07 Å². The first kappa shape index (κ1) is 14.9. The maximum Gasteiger partial charge on any atom is 0.148 e. The predicted octanol–water partition coefficient (Wildman–Crippen LogP) is 4.09. The molecule has 1 aromatic carbocycles. The predicted molar refractivity (Wildman–Crippen MR) is 69.8 cm³/mol. The van der Waals surface area contributed by atoms with Gasteiger partial charge in [0, 0.05) is 23.6 Å². The average molecular weight is 326 g/mol. The molecule has 2 nitrogen and oxygen atoms in total. The van der Waals surface area contributed by atoms with Gasteiger partial charge in [-0.05, 0) is 35.8 Å². The molecule has 0 aliphatic carbocycles. The molecule has 0 fully saturated rings. The minimum absolute atomic E-state index is 0.0169. The van der Waals surface area contributed by atoms with E-state index in [1.54, 1.807) is 13.2 Å². The van der Waals surface area contributed by atoms with Gasteiger partial charge >= 0.3 is 0 Å². The third-order valence-electron chi connectivity index (χ3n) is 2.66. The normalized spacial score (nSPS) is 13.8. The summed E-state index contributed by atoms with van der Waals surface area (Å²) in [5, 5.41) is 9.97. The van der Waals surface area contributed by atoms with Crippen molar-refractivity contribution >= 4 is 27.5 Å². The zero-order chi connectivity index (χ0) is 13.2. The fraction of sp³-hybridized carbons (Fsp3) is 0.500. The largest absolute Gasteiger partial charge is 0.388 e. The number of hydrogen-bond acceptors (Lipinski definition) is 2. The highest BCUT2D eigenvalue weighted by molar-refractivity contribution is 9.10. The Morgan fingerprint density at radius 2 is 2.12 bits per heavy atom. The van der Waals surface area contributed by atoms with Crippen LogP contribution >= 0.6 is 27.5 Å². The minimum atomic E-state index is -0.949. The molecule has 17 heavy (non-hydrogen) atoms. The van der Waals surface area contributed by atoms with Crippen molar-refractivity contribution in [3.63, 3.8) is 0 Å². The van der Waals surface area contributed by atoms with Gasteiger partial charge in [-0.3, -0.25) is 0 Å². The topological polar surface area (TPSA) is 29.5 Å². The molecule has 0 heterocycles. The van der Waals surface area contributed by atoms with Crippen LogP contribution in [0.3, 0.4) is 0 Å². The van der Waals surface area contributed by atoms with Crippen molar-refractivity contribution in [2.45, 2.75) is 32.0 Å². The lowest BCUT2D eigenvalue weighted by Gasteiger charge is -2.26. The first-order valence-corrected chi connectivity index (χ1v) is 6.32. The van der Waals surface area contributed by atoms with Gasteiger partial charge in [0.1, 0.15) is 5.82 Å². The first-order chi connectivity index (χ1) is 7.78. The Morgan fingerprint density at radius 3 is 2.65 bits per heavy atom. The third-order valence-corrected chi connectivity index (χ3v) is 3.92. The van der Waals surface area contributed by atoms with Crippen LogP contribution in [0.5, 0.6) is 0 Å². The summed E-state index contributed by atoms with van der Waals surface area (Å²) in [6.07, 6.45) is -0.659. The van der Waals surface area contributed by atoms with Crippen LogP contribution in [-0.4, -0.2) is 17.8 Å². The van der Waals surface area contributed by atoms with Crippen molar-refractivity contribution in [2.75, 3.05) is 7.11 Å². The summed E-state index contributed by atoms with van der Waals surface area (Å²) in [5.74, 6) is -0.597. The number of halogens is 3. The number of aliphatic hydroxyl groups excluding tert-OH is 1. The average Bonchev–Trinajstić information content (AvgIpc) is 2.25. The minimum Gasteiger partial charge on any atom is -0.388 e. The van der Waals surface area contributed by atoms with Crippen molar-refractivity contribution in [1.29, 1.82) is 0 Å². The molecule has 0 spiro atoms. The molecule has 1 atom stereocenters. The maximum atomic E-state index is 13.8. The number of benzene rings is 1. The van der Waals surface area contributed by atoms with Gasteiger partial charge in [0.15, 0.2) is 0 Å². The number of aliphatic hydroxyl groups is 1. The van der Waals surface area contributed by atoms with E-state index in [0.29, 0.717) is 10.9 Å². The van der Waals surface area contributed by atoms with E-state index in [0.717, 1.165) is 0 Å². The van der Waals surface area contributed by atoms with E-state index in [2.05, 4.69) is 15.9 Å². The molecule has 5 heteroatoms. The molecule has 0 amide bonds. The molecule has 0 radical (unpaired) electrons. The Labute approximate surface area is 114 Å².